The van der Waals surface area contributed by atoms with E-state index in [0.717, 1.165) is 25.1 Å². The number of fused-ring (bicyclic) bond motifs is 5. The zero-order chi connectivity index (χ0) is 35.2. The molecule has 3 saturated carbocycles. The van der Waals surface area contributed by atoms with E-state index in [1.165, 1.54) is 13.0 Å². The van der Waals surface area contributed by atoms with Crippen LogP contribution in [0.4, 0.5) is 13.2 Å². The number of aliphatic hydroxyl groups excluding tert-OH is 1. The number of halogens is 3. The average Bonchev–Trinajstić information content (AvgIpc) is 3.83. The van der Waals surface area contributed by atoms with Gasteiger partial charge in [0.15, 0.2) is 17.5 Å². The third-order valence-corrected chi connectivity index (χ3v) is 11.3. The van der Waals surface area contributed by atoms with Crippen molar-refractivity contribution in [3.63, 3.8) is 0 Å². The van der Waals surface area contributed by atoms with E-state index in [1.807, 2.05) is 0 Å². The molecule has 48 heavy (non-hydrogen) atoms. The smallest absolute Gasteiger partial charge is 0.455 e. The van der Waals surface area contributed by atoms with Gasteiger partial charge in [-0.1, -0.05) is 25.5 Å². The lowest BCUT2D eigenvalue weighted by atomic mass is 9.45. The molecule has 2 bridgehead atoms. The lowest BCUT2D eigenvalue weighted by Gasteiger charge is -2.67. The van der Waals surface area contributed by atoms with Gasteiger partial charge >= 0.3 is 24.3 Å². The summed E-state index contributed by atoms with van der Waals surface area (Å²) in [6.07, 6.45) is -9.58. The minimum atomic E-state index is -5.04. The molecule has 4 fully saturated rings. The SMILES string of the molecule is CC(=O)O[C@@]12CO[C@@H]1C[C@H](O)[C@@]1(C)C(=O)[C@H](OC(=O)C3CC3)C3=C(C)CC[C@@](O)([C@@H](OC(=O)c4cccc(OC(F)(F)F)c4)[C@H]21)C3(C)C. The number of ether oxygens (including phenoxy) is 5. The number of alkyl halides is 3. The van der Waals surface area contributed by atoms with Gasteiger partial charge in [0.1, 0.15) is 23.6 Å². The Bertz CT molecular complexity index is 1580. The molecule has 1 heterocycles. The van der Waals surface area contributed by atoms with Crippen LogP contribution in [-0.4, -0.2) is 82.5 Å². The predicted molar refractivity (Wildman–Crippen MR) is 157 cm³/mol. The number of ketones is 1. The van der Waals surface area contributed by atoms with Crippen LogP contribution in [0.2, 0.25) is 0 Å². The standard InChI is InChI=1S/C34H39F3O11/c1-16-11-12-33(43)27(46-29(42)19-7-6-8-20(13-19)48-34(35,36)37)25-31(5,21(39)14-22-32(25,15-44-22)47-17(2)38)26(40)24(23(16)30(33,3)4)45-28(41)18-9-10-18/h6-8,13,18,21-22,24-25,27,39,43H,9-12,14-15H2,1-5H3/t21-,22+,24+,25-,27-,31+,32-,33+/m0/s1. The summed E-state index contributed by atoms with van der Waals surface area (Å²) < 4.78 is 66.8. The third kappa shape index (κ3) is 5.22. The number of Topliss-reactive ketones (excluding diaryl/α,β-unsaturated/α-hetero) is 1. The van der Waals surface area contributed by atoms with Gasteiger partial charge in [0.25, 0.3) is 0 Å². The van der Waals surface area contributed by atoms with Crippen LogP contribution < -0.4 is 4.74 Å². The van der Waals surface area contributed by atoms with Gasteiger partial charge in [-0.05, 0) is 63.3 Å². The third-order valence-electron chi connectivity index (χ3n) is 11.3. The molecule has 1 aliphatic heterocycles. The maximum Gasteiger partial charge on any atom is 0.573 e. The molecule has 1 aromatic carbocycles. The molecular formula is C34H39F3O11. The first-order valence-corrected chi connectivity index (χ1v) is 16.0. The van der Waals surface area contributed by atoms with Crippen molar-refractivity contribution in [3.8, 4) is 5.75 Å². The molecule has 262 valence electrons. The van der Waals surface area contributed by atoms with Crippen LogP contribution >= 0.6 is 0 Å². The van der Waals surface area contributed by atoms with Gasteiger partial charge in [0, 0.05) is 18.8 Å². The Morgan fingerprint density at radius 2 is 1.77 bits per heavy atom. The van der Waals surface area contributed by atoms with Gasteiger partial charge < -0.3 is 33.9 Å². The van der Waals surface area contributed by atoms with Crippen LogP contribution in [-0.2, 0) is 33.3 Å². The fourth-order valence-corrected chi connectivity index (χ4v) is 8.54. The number of aliphatic hydroxyl groups is 2. The number of rotatable bonds is 6. The van der Waals surface area contributed by atoms with Gasteiger partial charge in [-0.25, -0.2) is 4.79 Å². The maximum absolute atomic E-state index is 15.1. The summed E-state index contributed by atoms with van der Waals surface area (Å²) in [6.45, 7) is 7.30. The van der Waals surface area contributed by atoms with E-state index in [4.69, 9.17) is 18.9 Å². The number of allylic oxidation sites excluding steroid dienone is 1. The Kier molecular flexibility index (Phi) is 8.07. The second-order valence-corrected chi connectivity index (χ2v) is 14.5. The Balaban J connectivity index is 1.55. The second kappa shape index (κ2) is 11.3. The molecule has 1 aromatic rings. The van der Waals surface area contributed by atoms with Crippen LogP contribution in [0.15, 0.2) is 35.4 Å². The van der Waals surface area contributed by atoms with Crippen molar-refractivity contribution >= 4 is 23.7 Å². The number of hydrogen-bond donors (Lipinski definition) is 2. The van der Waals surface area contributed by atoms with Gasteiger partial charge in [0.05, 0.1) is 35.5 Å². The zero-order valence-corrected chi connectivity index (χ0v) is 27.2. The molecule has 6 rings (SSSR count). The summed E-state index contributed by atoms with van der Waals surface area (Å²) in [4.78, 5) is 54.9. The monoisotopic (exact) mass is 680 g/mol. The summed E-state index contributed by atoms with van der Waals surface area (Å²) in [6, 6.07) is 4.19. The Morgan fingerprint density at radius 3 is 2.35 bits per heavy atom. The normalized spacial score (nSPS) is 37.1. The minimum Gasteiger partial charge on any atom is -0.455 e. The molecule has 5 aliphatic rings. The molecule has 0 unspecified atom stereocenters. The Hall–Kier alpha value is -3.49. The molecule has 14 heteroatoms. The number of carbonyl (C=O) groups is 4. The zero-order valence-electron chi connectivity index (χ0n) is 27.2. The molecule has 4 aliphatic carbocycles. The van der Waals surface area contributed by atoms with Crippen LogP contribution in [0.3, 0.4) is 0 Å². The van der Waals surface area contributed by atoms with Crippen molar-refractivity contribution in [2.45, 2.75) is 109 Å². The lowest BCUT2D eigenvalue weighted by molar-refractivity contribution is -0.345. The van der Waals surface area contributed by atoms with Crippen molar-refractivity contribution in [1.29, 1.82) is 0 Å². The van der Waals surface area contributed by atoms with Crippen molar-refractivity contribution in [3.05, 3.63) is 41.0 Å². The summed E-state index contributed by atoms with van der Waals surface area (Å²) in [5.41, 5.74) is -6.54. The molecule has 11 nitrogen and oxygen atoms in total. The van der Waals surface area contributed by atoms with Crippen LogP contribution in [0, 0.1) is 22.7 Å². The quantitative estimate of drug-likeness (QED) is 0.255. The molecule has 0 spiro atoms. The van der Waals surface area contributed by atoms with Crippen LogP contribution in [0.25, 0.3) is 0 Å². The summed E-state index contributed by atoms with van der Waals surface area (Å²) in [7, 11) is 0. The minimum absolute atomic E-state index is 0.0354. The highest BCUT2D eigenvalue weighted by Gasteiger charge is 2.77. The number of esters is 3. The summed E-state index contributed by atoms with van der Waals surface area (Å²) >= 11 is 0. The predicted octanol–water partition coefficient (Wildman–Crippen LogP) is 3.97. The maximum atomic E-state index is 15.1. The fraction of sp³-hybridized carbons (Fsp3) is 0.647. The lowest BCUT2D eigenvalue weighted by Crippen LogP contribution is -2.81. The average molecular weight is 681 g/mol. The van der Waals surface area contributed by atoms with E-state index in [2.05, 4.69) is 4.74 Å². The van der Waals surface area contributed by atoms with E-state index >= 15 is 4.79 Å². The summed E-state index contributed by atoms with van der Waals surface area (Å²) in [5.74, 6) is -5.78. The van der Waals surface area contributed by atoms with Gasteiger partial charge in [0.2, 0.25) is 0 Å². The van der Waals surface area contributed by atoms with Gasteiger partial charge in [-0.15, -0.1) is 13.2 Å². The molecule has 0 aromatic heterocycles. The van der Waals surface area contributed by atoms with Crippen molar-refractivity contribution in [1.82, 2.24) is 0 Å². The van der Waals surface area contributed by atoms with Crippen LogP contribution in [0.1, 0.15) is 77.1 Å². The first-order chi connectivity index (χ1) is 22.3. The second-order valence-electron chi connectivity index (χ2n) is 14.5. The molecule has 0 amide bonds. The highest BCUT2D eigenvalue weighted by molar-refractivity contribution is 5.96. The molecule has 0 radical (unpaired) electrons. The number of benzene rings is 1. The molecule has 2 N–H and O–H groups in total. The topological polar surface area (TPSA) is 155 Å². The van der Waals surface area contributed by atoms with Gasteiger partial charge in [-0.2, -0.15) is 0 Å². The first kappa shape index (κ1) is 34.4. The van der Waals surface area contributed by atoms with Gasteiger partial charge in [-0.3, -0.25) is 14.4 Å². The molecular weight excluding hydrogens is 641 g/mol. The molecule has 1 saturated heterocycles. The van der Waals surface area contributed by atoms with E-state index < -0.39 is 94.1 Å². The van der Waals surface area contributed by atoms with E-state index in [0.29, 0.717) is 24.0 Å². The highest BCUT2D eigenvalue weighted by atomic mass is 19.4. The van der Waals surface area contributed by atoms with Crippen LogP contribution in [0.5, 0.6) is 5.75 Å². The first-order valence-electron chi connectivity index (χ1n) is 16.0. The van der Waals surface area contributed by atoms with E-state index in [9.17, 15) is 37.8 Å². The number of hydrogen-bond acceptors (Lipinski definition) is 11. The fourth-order valence-electron chi connectivity index (χ4n) is 8.54. The Labute approximate surface area is 274 Å². The number of carbonyl (C=O) groups excluding carboxylic acids is 4. The van der Waals surface area contributed by atoms with Crippen molar-refractivity contribution in [2.24, 2.45) is 22.7 Å². The molecule has 8 atom stereocenters. The van der Waals surface area contributed by atoms with Crippen molar-refractivity contribution < 1.29 is 66.2 Å². The Morgan fingerprint density at radius 1 is 1.08 bits per heavy atom. The van der Waals surface area contributed by atoms with E-state index in [-0.39, 0.29) is 31.4 Å². The van der Waals surface area contributed by atoms with Crippen molar-refractivity contribution in [2.75, 3.05) is 6.61 Å². The highest BCUT2D eigenvalue weighted by Crippen LogP contribution is 2.64. The van der Waals surface area contributed by atoms with E-state index in [1.54, 1.807) is 20.8 Å². The summed E-state index contributed by atoms with van der Waals surface area (Å²) in [5, 5.41) is 24.8. The largest absolute Gasteiger partial charge is 0.573 e.